The number of anilines is 1. The average molecular weight is 637 g/mol. The van der Waals surface area contributed by atoms with Crippen LogP contribution in [0.15, 0.2) is 48.0 Å². The molecular formula is C34H40N2O8S. The molecule has 0 unspecified atom stereocenters. The van der Waals surface area contributed by atoms with E-state index in [9.17, 15) is 19.5 Å². The Hall–Kier alpha value is -4.38. The van der Waals surface area contributed by atoms with Gasteiger partial charge < -0.3 is 24.1 Å². The molecule has 1 saturated heterocycles. The predicted molar refractivity (Wildman–Crippen MR) is 172 cm³/mol. The lowest BCUT2D eigenvalue weighted by atomic mass is 9.95. The number of esters is 1. The number of Topliss-reactive ketones (excluding diaryl/α,β-unsaturated/α-hetero) is 1. The van der Waals surface area contributed by atoms with Crippen LogP contribution in [0.1, 0.15) is 84.9 Å². The van der Waals surface area contributed by atoms with E-state index < -0.39 is 23.7 Å². The summed E-state index contributed by atoms with van der Waals surface area (Å²) in [6.45, 7) is 6.92. The second-order valence-electron chi connectivity index (χ2n) is 10.6. The number of aliphatic hydroxyl groups is 1. The molecule has 1 fully saturated rings. The molecule has 1 atom stereocenters. The Kier molecular flexibility index (Phi) is 11.6. The van der Waals surface area contributed by atoms with Crippen LogP contribution < -0.4 is 19.1 Å². The number of hydrogen-bond acceptors (Lipinski definition) is 10. The number of aromatic nitrogens is 1. The van der Waals surface area contributed by atoms with Crippen molar-refractivity contribution in [2.75, 3.05) is 32.3 Å². The number of ether oxygens (including phenoxy) is 4. The van der Waals surface area contributed by atoms with Gasteiger partial charge in [0.05, 0.1) is 44.7 Å². The maximum absolute atomic E-state index is 13.7. The lowest BCUT2D eigenvalue weighted by Gasteiger charge is -2.24. The summed E-state index contributed by atoms with van der Waals surface area (Å²) in [6, 6.07) is 10.8. The maximum Gasteiger partial charge on any atom is 0.350 e. The average Bonchev–Trinajstić information content (AvgIpc) is 3.56. The van der Waals surface area contributed by atoms with Crippen molar-refractivity contribution in [3.63, 3.8) is 0 Å². The van der Waals surface area contributed by atoms with Crippen molar-refractivity contribution >= 4 is 39.9 Å². The SMILES string of the molecule is CCCCCCOc1ccc([C@H]2C(=C(O)c3ccc(OCCCC)cc3)C(=O)C(=O)N2c2nc(C)c(C(=O)OC)s2)cc1OC. The number of hydrogen-bond donors (Lipinski definition) is 1. The largest absolute Gasteiger partial charge is 0.507 e. The van der Waals surface area contributed by atoms with Gasteiger partial charge in [-0.3, -0.25) is 14.5 Å². The van der Waals surface area contributed by atoms with Crippen molar-refractivity contribution < 1.29 is 38.4 Å². The van der Waals surface area contributed by atoms with Gasteiger partial charge in [0.1, 0.15) is 16.4 Å². The fourth-order valence-electron chi connectivity index (χ4n) is 5.00. The van der Waals surface area contributed by atoms with Gasteiger partial charge in [-0.2, -0.15) is 0 Å². The number of unbranched alkanes of at least 4 members (excludes halogenated alkanes) is 4. The van der Waals surface area contributed by atoms with Crippen molar-refractivity contribution in [2.45, 2.75) is 65.3 Å². The standard InChI is InChI=1S/C34H40N2O8S/c1-6-8-10-11-19-44-25-17-14-23(20-26(25)41-4)28-27(29(37)22-12-15-24(16-13-22)43-18-9-7-2)30(38)32(39)36(28)34-35-21(3)31(45-34)33(40)42-5/h12-17,20,28,37H,6-11,18-19H2,1-5H3/t28-/m0/s1. The Morgan fingerprint density at radius 2 is 1.64 bits per heavy atom. The van der Waals surface area contributed by atoms with Crippen molar-refractivity contribution in [1.82, 2.24) is 4.98 Å². The van der Waals surface area contributed by atoms with Crippen molar-refractivity contribution in [1.29, 1.82) is 0 Å². The van der Waals surface area contributed by atoms with E-state index in [1.54, 1.807) is 49.4 Å². The molecule has 1 amide bonds. The number of ketones is 1. The van der Waals surface area contributed by atoms with Crippen LogP contribution in [-0.2, 0) is 14.3 Å². The highest BCUT2D eigenvalue weighted by Gasteiger charge is 2.48. The van der Waals surface area contributed by atoms with Crippen LogP contribution in [-0.4, -0.2) is 55.2 Å². The van der Waals surface area contributed by atoms with E-state index in [1.807, 2.05) is 0 Å². The van der Waals surface area contributed by atoms with E-state index >= 15 is 0 Å². The molecule has 1 N–H and O–H groups in total. The molecule has 240 valence electrons. The van der Waals surface area contributed by atoms with Gasteiger partial charge in [-0.25, -0.2) is 9.78 Å². The minimum absolute atomic E-state index is 0.119. The minimum Gasteiger partial charge on any atom is -0.507 e. The summed E-state index contributed by atoms with van der Waals surface area (Å²) < 4.78 is 22.2. The number of nitrogens with zero attached hydrogens (tertiary/aromatic N) is 2. The van der Waals surface area contributed by atoms with Crippen LogP contribution in [0, 0.1) is 6.92 Å². The molecule has 11 heteroatoms. The molecule has 0 radical (unpaired) electrons. The molecule has 0 spiro atoms. The highest BCUT2D eigenvalue weighted by atomic mass is 32.1. The van der Waals surface area contributed by atoms with Gasteiger partial charge in [0, 0.05) is 5.56 Å². The molecule has 1 aliphatic heterocycles. The number of methoxy groups -OCH3 is 2. The van der Waals surface area contributed by atoms with Crippen LogP contribution >= 0.6 is 11.3 Å². The molecule has 2 heterocycles. The lowest BCUT2D eigenvalue weighted by molar-refractivity contribution is -0.132. The lowest BCUT2D eigenvalue weighted by Crippen LogP contribution is -2.29. The van der Waals surface area contributed by atoms with E-state index in [1.165, 1.54) is 19.1 Å². The highest BCUT2D eigenvalue weighted by molar-refractivity contribution is 7.17. The van der Waals surface area contributed by atoms with Crippen LogP contribution in [0.3, 0.4) is 0 Å². The summed E-state index contributed by atoms with van der Waals surface area (Å²) in [5.41, 5.74) is 1.05. The number of aliphatic hydroxyl groups excluding tert-OH is 1. The third kappa shape index (κ3) is 7.47. The topological polar surface area (TPSA) is 124 Å². The highest BCUT2D eigenvalue weighted by Crippen LogP contribution is 2.45. The van der Waals surface area contributed by atoms with Gasteiger partial charge in [-0.05, 0) is 61.7 Å². The van der Waals surface area contributed by atoms with E-state index in [-0.39, 0.29) is 21.3 Å². The zero-order valence-electron chi connectivity index (χ0n) is 26.4. The first-order valence-corrected chi connectivity index (χ1v) is 16.0. The summed E-state index contributed by atoms with van der Waals surface area (Å²) >= 11 is 0.936. The summed E-state index contributed by atoms with van der Waals surface area (Å²) in [4.78, 5) is 45.6. The number of thiazole rings is 1. The third-order valence-electron chi connectivity index (χ3n) is 7.46. The zero-order chi connectivity index (χ0) is 32.5. The Morgan fingerprint density at radius 3 is 2.31 bits per heavy atom. The van der Waals surface area contributed by atoms with Crippen molar-refractivity contribution in [2.24, 2.45) is 0 Å². The van der Waals surface area contributed by atoms with Gasteiger partial charge in [0.25, 0.3) is 5.78 Å². The molecule has 4 rings (SSSR count). The van der Waals surface area contributed by atoms with Crippen LogP contribution in [0.4, 0.5) is 5.13 Å². The first-order valence-electron chi connectivity index (χ1n) is 15.2. The number of amides is 1. The number of rotatable bonds is 15. The van der Waals surface area contributed by atoms with Crippen LogP contribution in [0.5, 0.6) is 17.2 Å². The second kappa shape index (κ2) is 15.6. The molecule has 0 saturated carbocycles. The smallest absolute Gasteiger partial charge is 0.350 e. The van der Waals surface area contributed by atoms with Gasteiger partial charge in [0.15, 0.2) is 16.6 Å². The van der Waals surface area contributed by atoms with Crippen molar-refractivity contribution in [3.05, 3.63) is 69.7 Å². The third-order valence-corrected chi connectivity index (χ3v) is 8.60. The zero-order valence-corrected chi connectivity index (χ0v) is 27.2. The second-order valence-corrected chi connectivity index (χ2v) is 11.6. The fraction of sp³-hybridized carbons (Fsp3) is 0.412. The molecule has 45 heavy (non-hydrogen) atoms. The summed E-state index contributed by atoms with van der Waals surface area (Å²) in [6.07, 6.45) is 6.10. The molecule has 3 aromatic rings. The molecule has 0 bridgehead atoms. The quantitative estimate of drug-likeness (QED) is 0.0617. The number of aryl methyl sites for hydroxylation is 1. The molecule has 1 aromatic heterocycles. The summed E-state index contributed by atoms with van der Waals surface area (Å²) in [5.74, 6) is -1.17. The minimum atomic E-state index is -1.07. The van der Waals surface area contributed by atoms with Gasteiger partial charge >= 0.3 is 11.9 Å². The number of carbonyl (C=O) groups is 3. The molecular weight excluding hydrogens is 596 g/mol. The first kappa shape index (κ1) is 33.5. The van der Waals surface area contributed by atoms with E-state index in [0.717, 1.165) is 49.9 Å². The van der Waals surface area contributed by atoms with Crippen LogP contribution in [0.2, 0.25) is 0 Å². The normalized spacial score (nSPS) is 15.8. The summed E-state index contributed by atoms with van der Waals surface area (Å²) in [5, 5.41) is 11.7. The maximum atomic E-state index is 13.7. The predicted octanol–water partition coefficient (Wildman–Crippen LogP) is 7.01. The van der Waals surface area contributed by atoms with Crippen LogP contribution in [0.25, 0.3) is 5.76 Å². The van der Waals surface area contributed by atoms with E-state index in [0.29, 0.717) is 47.3 Å². The molecule has 0 aliphatic carbocycles. The Bertz CT molecular complexity index is 1550. The van der Waals surface area contributed by atoms with E-state index in [4.69, 9.17) is 18.9 Å². The van der Waals surface area contributed by atoms with Gasteiger partial charge in [0.2, 0.25) is 0 Å². The number of benzene rings is 2. The first-order chi connectivity index (χ1) is 21.7. The fourth-order valence-corrected chi connectivity index (χ4v) is 6.01. The van der Waals surface area contributed by atoms with E-state index in [2.05, 4.69) is 18.8 Å². The monoisotopic (exact) mass is 636 g/mol. The van der Waals surface area contributed by atoms with Gasteiger partial charge in [-0.15, -0.1) is 0 Å². The summed E-state index contributed by atoms with van der Waals surface area (Å²) in [7, 11) is 2.77. The van der Waals surface area contributed by atoms with Gasteiger partial charge in [-0.1, -0.05) is 56.9 Å². The molecule has 2 aromatic carbocycles. The Morgan fingerprint density at radius 1 is 0.933 bits per heavy atom. The Labute approximate surface area is 267 Å². The molecule has 10 nitrogen and oxygen atoms in total. The van der Waals surface area contributed by atoms with Crippen molar-refractivity contribution in [3.8, 4) is 17.2 Å². The molecule has 1 aliphatic rings. The Balaban J connectivity index is 1.79. The number of carbonyl (C=O) groups excluding carboxylic acids is 3.